The molecule has 0 bridgehead atoms. The van der Waals surface area contributed by atoms with Crippen LogP contribution in [0, 0.1) is 6.92 Å². The van der Waals surface area contributed by atoms with E-state index >= 15 is 0 Å². The van der Waals surface area contributed by atoms with Gasteiger partial charge in [-0.3, -0.25) is 0 Å². The molecule has 0 unspecified atom stereocenters. The van der Waals surface area contributed by atoms with Crippen molar-refractivity contribution in [1.82, 2.24) is 0 Å². The molecule has 11 heavy (non-hydrogen) atoms. The number of thiophene rings is 1. The van der Waals surface area contributed by atoms with Gasteiger partial charge in [-0.2, -0.15) is 0 Å². The lowest BCUT2D eigenvalue weighted by Crippen LogP contribution is -1.62. The minimum Gasteiger partial charge on any atom is -0.140 e. The van der Waals surface area contributed by atoms with E-state index in [1.807, 2.05) is 0 Å². The summed E-state index contributed by atoms with van der Waals surface area (Å²) in [6.45, 7) is 3.89. The molecule has 1 heterocycles. The predicted molar refractivity (Wildman–Crippen MR) is 54.0 cm³/mol. The first kappa shape index (κ1) is 7.32. The Hall–Kier alpha value is -0.340. The van der Waals surface area contributed by atoms with Crippen LogP contribution >= 0.6 is 27.3 Å². The minimum atomic E-state index is 1.12. The summed E-state index contributed by atoms with van der Waals surface area (Å²) in [4.78, 5) is 1.12. The summed E-state index contributed by atoms with van der Waals surface area (Å²) in [6.07, 6.45) is 0. The monoisotopic (exact) mass is 225 g/mol. The van der Waals surface area contributed by atoms with Crippen molar-refractivity contribution in [2.24, 2.45) is 0 Å². The van der Waals surface area contributed by atoms with Crippen LogP contribution in [0.4, 0.5) is 0 Å². The molecular weight excluding hydrogens is 220 g/mol. The number of halogens is 1. The van der Waals surface area contributed by atoms with Crippen LogP contribution in [-0.2, 0) is 0 Å². The Morgan fingerprint density at radius 2 is 2.09 bits per heavy atom. The third-order valence-electron chi connectivity index (χ3n) is 1.53. The van der Waals surface area contributed by atoms with E-state index in [2.05, 4.69) is 47.1 Å². The summed E-state index contributed by atoms with van der Waals surface area (Å²) >= 11 is 5.15. The van der Waals surface area contributed by atoms with Gasteiger partial charge in [0.1, 0.15) is 0 Å². The van der Waals surface area contributed by atoms with Crippen molar-refractivity contribution >= 4 is 37.4 Å². The summed E-state index contributed by atoms with van der Waals surface area (Å²) in [5.74, 6) is 0. The van der Waals surface area contributed by atoms with Gasteiger partial charge in [-0.1, -0.05) is 15.9 Å². The number of benzene rings is 1. The summed E-state index contributed by atoms with van der Waals surface area (Å²) in [7, 11) is 0. The van der Waals surface area contributed by atoms with Gasteiger partial charge in [-0.05, 0) is 36.6 Å². The van der Waals surface area contributed by atoms with Crippen LogP contribution in [-0.4, -0.2) is 0 Å². The third-order valence-corrected chi connectivity index (χ3v) is 2.99. The van der Waals surface area contributed by atoms with Crippen LogP contribution in [0.15, 0.2) is 28.7 Å². The number of rotatable bonds is 0. The largest absolute Gasteiger partial charge is 0.140 e. The zero-order valence-electron chi connectivity index (χ0n) is 5.80. The molecule has 1 radical (unpaired) electrons. The normalized spacial score (nSPS) is 10.7. The Balaban J connectivity index is 2.82. The van der Waals surface area contributed by atoms with Crippen molar-refractivity contribution in [2.75, 3.05) is 0 Å². The SMILES string of the molecule is [CH2]c1cc2cc(Br)ccc2s1. The Labute approximate surface area is 78.0 Å². The lowest BCUT2D eigenvalue weighted by molar-refractivity contribution is 1.76. The van der Waals surface area contributed by atoms with Crippen molar-refractivity contribution in [3.63, 3.8) is 0 Å². The molecule has 0 fully saturated rings. The second kappa shape index (κ2) is 2.61. The van der Waals surface area contributed by atoms with E-state index in [-0.39, 0.29) is 0 Å². The van der Waals surface area contributed by atoms with Gasteiger partial charge in [-0.15, -0.1) is 11.3 Å². The maximum atomic E-state index is 3.89. The summed E-state index contributed by atoms with van der Waals surface area (Å²) in [6, 6.07) is 8.38. The number of hydrogen-bond acceptors (Lipinski definition) is 1. The van der Waals surface area contributed by atoms with Gasteiger partial charge in [0.15, 0.2) is 0 Å². The van der Waals surface area contributed by atoms with Crippen molar-refractivity contribution in [3.8, 4) is 0 Å². The molecule has 0 amide bonds. The fourth-order valence-electron chi connectivity index (χ4n) is 1.07. The van der Waals surface area contributed by atoms with E-state index < -0.39 is 0 Å². The first-order chi connectivity index (χ1) is 5.25. The van der Waals surface area contributed by atoms with Crippen LogP contribution in [0.25, 0.3) is 10.1 Å². The molecule has 55 valence electrons. The maximum Gasteiger partial charge on any atom is 0.0346 e. The molecule has 0 atom stereocenters. The Kier molecular flexibility index (Phi) is 1.74. The Morgan fingerprint density at radius 3 is 2.91 bits per heavy atom. The maximum absolute atomic E-state index is 3.89. The lowest BCUT2D eigenvalue weighted by Gasteiger charge is -1.88. The van der Waals surface area contributed by atoms with E-state index in [1.165, 1.54) is 10.1 Å². The molecule has 0 saturated carbocycles. The molecule has 2 rings (SSSR count). The van der Waals surface area contributed by atoms with Crippen molar-refractivity contribution in [3.05, 3.63) is 40.5 Å². The first-order valence-electron chi connectivity index (χ1n) is 3.27. The predicted octanol–water partition coefficient (Wildman–Crippen LogP) is 3.85. The highest BCUT2D eigenvalue weighted by molar-refractivity contribution is 9.10. The Morgan fingerprint density at radius 1 is 1.27 bits per heavy atom. The van der Waals surface area contributed by atoms with E-state index in [0.29, 0.717) is 0 Å². The van der Waals surface area contributed by atoms with Crippen LogP contribution in [0.2, 0.25) is 0 Å². The molecule has 0 aliphatic rings. The van der Waals surface area contributed by atoms with E-state index in [0.717, 1.165) is 9.35 Å². The fraction of sp³-hybridized carbons (Fsp3) is 0. The highest BCUT2D eigenvalue weighted by Gasteiger charge is 1.97. The molecule has 0 spiro atoms. The van der Waals surface area contributed by atoms with Gasteiger partial charge in [0.2, 0.25) is 0 Å². The molecule has 0 nitrogen and oxygen atoms in total. The van der Waals surface area contributed by atoms with E-state index in [9.17, 15) is 0 Å². The summed E-state index contributed by atoms with van der Waals surface area (Å²) in [5.41, 5.74) is 0. The van der Waals surface area contributed by atoms with Crippen LogP contribution < -0.4 is 0 Å². The van der Waals surface area contributed by atoms with Crippen molar-refractivity contribution < 1.29 is 0 Å². The zero-order valence-corrected chi connectivity index (χ0v) is 8.21. The van der Waals surface area contributed by atoms with Crippen LogP contribution in [0.3, 0.4) is 0 Å². The van der Waals surface area contributed by atoms with Gasteiger partial charge >= 0.3 is 0 Å². The van der Waals surface area contributed by atoms with Gasteiger partial charge in [-0.25, -0.2) is 0 Å². The number of hydrogen-bond donors (Lipinski definition) is 0. The highest BCUT2D eigenvalue weighted by Crippen LogP contribution is 2.27. The van der Waals surface area contributed by atoms with Crippen LogP contribution in [0.1, 0.15) is 4.88 Å². The molecular formula is C9H6BrS. The molecule has 0 N–H and O–H groups in total. The highest BCUT2D eigenvalue weighted by atomic mass is 79.9. The number of fused-ring (bicyclic) bond motifs is 1. The average Bonchev–Trinajstić information content (AvgIpc) is 2.27. The minimum absolute atomic E-state index is 1.12. The summed E-state index contributed by atoms with van der Waals surface area (Å²) < 4.78 is 2.43. The Bertz CT molecular complexity index is 389. The first-order valence-corrected chi connectivity index (χ1v) is 4.88. The quantitative estimate of drug-likeness (QED) is 0.640. The average molecular weight is 226 g/mol. The van der Waals surface area contributed by atoms with Gasteiger partial charge < -0.3 is 0 Å². The molecule has 1 aromatic heterocycles. The zero-order chi connectivity index (χ0) is 7.84. The molecule has 2 heteroatoms. The van der Waals surface area contributed by atoms with Crippen LogP contribution in [0.5, 0.6) is 0 Å². The third kappa shape index (κ3) is 1.33. The van der Waals surface area contributed by atoms with Gasteiger partial charge in [0, 0.05) is 14.0 Å². The molecule has 1 aromatic carbocycles. The van der Waals surface area contributed by atoms with Crippen molar-refractivity contribution in [2.45, 2.75) is 0 Å². The standard InChI is InChI=1S/C9H6BrS/c1-6-4-7-5-8(10)2-3-9(7)11-6/h2-5H,1H2. The fourth-order valence-corrected chi connectivity index (χ4v) is 2.29. The van der Waals surface area contributed by atoms with Gasteiger partial charge in [0.05, 0.1) is 0 Å². The van der Waals surface area contributed by atoms with E-state index in [1.54, 1.807) is 11.3 Å². The molecule has 0 saturated heterocycles. The van der Waals surface area contributed by atoms with E-state index in [4.69, 9.17) is 0 Å². The smallest absolute Gasteiger partial charge is 0.0346 e. The van der Waals surface area contributed by atoms with Crippen molar-refractivity contribution in [1.29, 1.82) is 0 Å². The van der Waals surface area contributed by atoms with Gasteiger partial charge in [0.25, 0.3) is 0 Å². The second-order valence-corrected chi connectivity index (χ2v) is 4.48. The lowest BCUT2D eigenvalue weighted by atomic mass is 10.2. The molecule has 2 aromatic rings. The molecule has 0 aliphatic carbocycles. The second-order valence-electron chi connectivity index (χ2n) is 2.39. The topological polar surface area (TPSA) is 0 Å². The summed E-state index contributed by atoms with van der Waals surface area (Å²) in [5, 5.41) is 1.27. The molecule has 0 aliphatic heterocycles.